The van der Waals surface area contributed by atoms with E-state index in [1.807, 2.05) is 0 Å². The number of nitrogens with zero attached hydrogens (tertiary/aromatic N) is 1. The number of para-hydroxylation sites is 1. The number of unbranched alkanes of at least 4 members (excludes halogenated alkanes) is 9. The number of nitrogens with one attached hydrogen (secondary N) is 3. The minimum atomic E-state index is -3.53. The molecule has 0 aromatic heterocycles. The van der Waals surface area contributed by atoms with Crippen molar-refractivity contribution in [1.29, 1.82) is 0 Å². The molecule has 2 unspecified atom stereocenters. The average molecular weight is 743 g/mol. The molecule has 10 nitrogen and oxygen atoms in total. The van der Waals surface area contributed by atoms with Crippen molar-refractivity contribution in [2.45, 2.75) is 122 Å². The average Bonchev–Trinajstić information content (AvgIpc) is 3.09. The van der Waals surface area contributed by atoms with Crippen LogP contribution in [0.4, 0.5) is 10.5 Å². The predicted octanol–water partition coefficient (Wildman–Crippen LogP) is 7.54. The summed E-state index contributed by atoms with van der Waals surface area (Å²) in [6, 6.07) is 19.0. The molecule has 0 heterocycles. The van der Waals surface area contributed by atoms with Crippen LogP contribution < -0.4 is 16.2 Å². The van der Waals surface area contributed by atoms with E-state index >= 15 is 0 Å². The quantitative estimate of drug-likeness (QED) is 0.0339. The Hall–Kier alpha value is -3.88. The fraction of sp³-hybridized carbons (Fsp3) is 0.538. The van der Waals surface area contributed by atoms with Crippen LogP contribution in [0.2, 0.25) is 0 Å². The molecule has 2 aromatic carbocycles. The van der Waals surface area contributed by atoms with Gasteiger partial charge in [0.2, 0.25) is 10.8 Å². The summed E-state index contributed by atoms with van der Waals surface area (Å²) in [7, 11) is -3.53. The predicted molar refractivity (Wildman–Crippen MR) is 204 cm³/mol. The molecule has 0 saturated heterocycles. The number of hydrogen-bond donors (Lipinski definition) is 3. The summed E-state index contributed by atoms with van der Waals surface area (Å²) in [5, 5.41) is 1.67. The van der Waals surface area contributed by atoms with E-state index in [9.17, 15) is 27.6 Å². The molecule has 0 spiro atoms. The fourth-order valence-electron chi connectivity index (χ4n) is 5.17. The van der Waals surface area contributed by atoms with E-state index in [2.05, 4.69) is 35.1 Å². The second kappa shape index (κ2) is 21.5. The monoisotopic (exact) mass is 742 g/mol. The second-order valence-electron chi connectivity index (χ2n) is 13.9. The Morgan fingerprint density at radius 2 is 1.33 bits per heavy atom. The third kappa shape index (κ3) is 15.5. The number of halogens is 1. The zero-order valence-corrected chi connectivity index (χ0v) is 32.3. The summed E-state index contributed by atoms with van der Waals surface area (Å²) in [5.41, 5.74) is 4.53. The summed E-state index contributed by atoms with van der Waals surface area (Å²) < 4.78 is 25.7. The van der Waals surface area contributed by atoms with Gasteiger partial charge in [-0.1, -0.05) is 146 Å². The maximum Gasteiger partial charge on any atom is 0.348 e. The number of carbonyl (C=O) groups is 4. The molecule has 2 atom stereocenters. The van der Waals surface area contributed by atoms with Gasteiger partial charge in [0.25, 0.3) is 5.91 Å². The molecular formula is C39H55ClN4O6S. The number of benzene rings is 2. The number of Topliss-reactive ketones (excluding diaryl/α,β-unsaturated/α-hetero) is 1. The van der Waals surface area contributed by atoms with Crippen LogP contribution in [0.5, 0.6) is 0 Å². The summed E-state index contributed by atoms with van der Waals surface area (Å²) >= 11 is 6.72. The zero-order chi connectivity index (χ0) is 37.9. The number of carbonyl (C=O) groups excluding carboxylic acids is 4. The van der Waals surface area contributed by atoms with Crippen molar-refractivity contribution in [3.8, 4) is 12.0 Å². The molecule has 0 saturated carbocycles. The lowest BCUT2D eigenvalue weighted by Crippen LogP contribution is -2.50. The molecule has 0 fully saturated rings. The van der Waals surface area contributed by atoms with Crippen molar-refractivity contribution in [2.24, 2.45) is 5.41 Å². The van der Waals surface area contributed by atoms with Gasteiger partial charge in [0.05, 0.1) is 17.5 Å². The summed E-state index contributed by atoms with van der Waals surface area (Å²) in [6.07, 6.45) is 10.5. The Labute approximate surface area is 309 Å². The van der Waals surface area contributed by atoms with Crippen LogP contribution in [0.1, 0.15) is 111 Å². The number of sulfone groups is 1. The fourth-order valence-corrected chi connectivity index (χ4v) is 6.95. The molecular weight excluding hydrogens is 688 g/mol. The first-order chi connectivity index (χ1) is 24.1. The third-order valence-electron chi connectivity index (χ3n) is 8.31. The van der Waals surface area contributed by atoms with Crippen molar-refractivity contribution in [3.05, 3.63) is 66.2 Å². The first kappa shape index (κ1) is 43.3. The van der Waals surface area contributed by atoms with Crippen LogP contribution in [-0.2, 0) is 30.8 Å². The number of hydrogen-bond acceptors (Lipinski definition) is 6. The van der Waals surface area contributed by atoms with E-state index in [0.29, 0.717) is 17.7 Å². The SMILES string of the molecule is CCCCCCCCCCCCS(=O)(=O)C(C)CC(=O)NNC(=O)N(C#CC(Cl)(C(=O)Nc1ccccc1)C(=O)C(C)(C)C)Cc1ccccc1. The lowest BCUT2D eigenvalue weighted by atomic mass is 9.82. The van der Waals surface area contributed by atoms with Crippen LogP contribution >= 0.6 is 11.6 Å². The van der Waals surface area contributed by atoms with Crippen molar-refractivity contribution >= 4 is 50.8 Å². The zero-order valence-electron chi connectivity index (χ0n) is 30.7. The Balaban J connectivity index is 2.08. The van der Waals surface area contributed by atoms with E-state index in [0.717, 1.165) is 24.2 Å². The number of amides is 4. The number of alkyl halides is 1. The first-order valence-corrected chi connectivity index (χ1v) is 19.9. The van der Waals surface area contributed by atoms with Gasteiger partial charge in [0, 0.05) is 23.6 Å². The van der Waals surface area contributed by atoms with Crippen molar-refractivity contribution in [1.82, 2.24) is 15.8 Å². The van der Waals surface area contributed by atoms with Crippen LogP contribution in [0.25, 0.3) is 0 Å². The van der Waals surface area contributed by atoms with Gasteiger partial charge in [0.15, 0.2) is 15.6 Å². The summed E-state index contributed by atoms with van der Waals surface area (Å²) in [6.45, 7) is 8.40. The van der Waals surface area contributed by atoms with Crippen molar-refractivity contribution < 1.29 is 27.6 Å². The topological polar surface area (TPSA) is 142 Å². The number of rotatable bonds is 19. The molecule has 0 aliphatic carbocycles. The second-order valence-corrected chi connectivity index (χ2v) is 17.0. The van der Waals surface area contributed by atoms with E-state index in [1.54, 1.807) is 81.4 Å². The van der Waals surface area contributed by atoms with E-state index < -0.39 is 49.0 Å². The Bertz CT molecular complexity index is 1590. The minimum Gasteiger partial charge on any atom is -0.323 e. The van der Waals surface area contributed by atoms with Crippen molar-refractivity contribution in [3.63, 3.8) is 0 Å². The molecule has 2 aromatic rings. The number of urea groups is 1. The third-order valence-corrected chi connectivity index (χ3v) is 11.0. The van der Waals surface area contributed by atoms with Crippen LogP contribution in [-0.4, -0.2) is 52.8 Å². The molecule has 3 N–H and O–H groups in total. The number of hydrazine groups is 1. The number of ketones is 1. The van der Waals surface area contributed by atoms with Gasteiger partial charge in [0.1, 0.15) is 0 Å². The largest absolute Gasteiger partial charge is 0.348 e. The van der Waals surface area contributed by atoms with E-state index in [4.69, 9.17) is 11.6 Å². The number of anilines is 1. The Kier molecular flexibility index (Phi) is 18.2. The Morgan fingerprint density at radius 3 is 1.88 bits per heavy atom. The molecule has 2 rings (SSSR count). The molecule has 4 amide bonds. The normalized spacial score (nSPS) is 13.1. The highest BCUT2D eigenvalue weighted by Gasteiger charge is 2.48. The smallest absolute Gasteiger partial charge is 0.323 e. The molecule has 0 bridgehead atoms. The molecule has 12 heteroatoms. The van der Waals surface area contributed by atoms with Gasteiger partial charge in [-0.3, -0.25) is 19.8 Å². The van der Waals surface area contributed by atoms with Gasteiger partial charge in [-0.15, -0.1) is 0 Å². The van der Waals surface area contributed by atoms with Crippen molar-refractivity contribution in [2.75, 3.05) is 11.1 Å². The molecule has 0 aliphatic heterocycles. The first-order valence-electron chi connectivity index (χ1n) is 17.8. The molecule has 0 radical (unpaired) electrons. The van der Waals surface area contributed by atoms with Gasteiger partial charge < -0.3 is 5.32 Å². The van der Waals surface area contributed by atoms with Gasteiger partial charge >= 0.3 is 6.03 Å². The highest BCUT2D eigenvalue weighted by molar-refractivity contribution is 7.92. The highest BCUT2D eigenvalue weighted by Crippen LogP contribution is 2.29. The maximum absolute atomic E-state index is 13.5. The minimum absolute atomic E-state index is 0.00391. The molecule has 0 aliphatic rings. The van der Waals surface area contributed by atoms with Gasteiger partial charge in [-0.25, -0.2) is 23.5 Å². The van der Waals surface area contributed by atoms with Crippen LogP contribution in [0.3, 0.4) is 0 Å². The van der Waals surface area contributed by atoms with Crippen LogP contribution in [0, 0.1) is 17.4 Å². The van der Waals surface area contributed by atoms with Gasteiger partial charge in [-0.2, -0.15) is 0 Å². The van der Waals surface area contributed by atoms with Crippen LogP contribution in [0.15, 0.2) is 60.7 Å². The summed E-state index contributed by atoms with van der Waals surface area (Å²) in [4.78, 5) is 51.6. The van der Waals surface area contributed by atoms with E-state index in [-0.39, 0.29) is 18.7 Å². The standard InChI is InChI=1S/C39H55ClN4O6S/c1-6-7-8-9-10-11-12-13-14-21-28-51(49,50)31(2)29-34(45)42-43-37(48)44(30-32-22-17-15-18-23-32)27-26-39(40,35(46)38(3,4)5)36(47)41-33-24-19-16-20-25-33/h15-20,22-25,31H,6-14,21,28-30H2,1-5H3,(H,41,47)(H,42,45)(H,43,48). The molecule has 51 heavy (non-hydrogen) atoms. The summed E-state index contributed by atoms with van der Waals surface area (Å²) in [5.74, 6) is 0.264. The maximum atomic E-state index is 13.5. The lowest BCUT2D eigenvalue weighted by Gasteiger charge is -2.27. The van der Waals surface area contributed by atoms with Gasteiger partial charge in [-0.05, 0) is 37.0 Å². The highest BCUT2D eigenvalue weighted by atomic mass is 35.5. The Morgan fingerprint density at radius 1 is 0.804 bits per heavy atom. The lowest BCUT2D eigenvalue weighted by molar-refractivity contribution is -0.132. The van der Waals surface area contributed by atoms with E-state index in [1.165, 1.54) is 45.4 Å². The molecule has 280 valence electrons.